The molecule has 3 aromatic carbocycles. The van der Waals surface area contributed by atoms with E-state index in [4.69, 9.17) is 18.9 Å². The molecule has 1 aliphatic heterocycles. The number of hydrogen-bond acceptors (Lipinski definition) is 7. The Morgan fingerprint density at radius 3 is 2.24 bits per heavy atom. The van der Waals surface area contributed by atoms with Gasteiger partial charge < -0.3 is 18.9 Å². The van der Waals surface area contributed by atoms with Crippen LogP contribution in [-0.2, 0) is 4.74 Å². The van der Waals surface area contributed by atoms with Crippen LogP contribution in [0.3, 0.4) is 0 Å². The number of carbonyl (C=O) groups is 2. The number of carbonyl (C=O) groups excluding carboxylic acids is 2. The second kappa shape index (κ2) is 10.3. The lowest BCUT2D eigenvalue weighted by atomic mass is 9.95. The molecule has 5 rings (SSSR count). The van der Waals surface area contributed by atoms with Crippen LogP contribution in [0.5, 0.6) is 17.2 Å². The van der Waals surface area contributed by atoms with E-state index >= 15 is 0 Å². The van der Waals surface area contributed by atoms with Gasteiger partial charge in [0.25, 0.3) is 5.91 Å². The Labute approximate surface area is 219 Å². The van der Waals surface area contributed by atoms with Crippen molar-refractivity contribution in [2.75, 3.05) is 32.8 Å². The molecule has 0 radical (unpaired) electrons. The number of anilines is 1. The van der Waals surface area contributed by atoms with Crippen molar-refractivity contribution in [2.24, 2.45) is 0 Å². The predicted octanol–water partition coefficient (Wildman–Crippen LogP) is 5.03. The number of methoxy groups -OCH3 is 3. The summed E-state index contributed by atoms with van der Waals surface area (Å²) >= 11 is 0. The van der Waals surface area contributed by atoms with Gasteiger partial charge in [-0.15, -0.1) is 0 Å². The van der Waals surface area contributed by atoms with E-state index < -0.39 is 12.0 Å². The summed E-state index contributed by atoms with van der Waals surface area (Å²) in [6.07, 6.45) is 0. The molecule has 0 fully saturated rings. The van der Waals surface area contributed by atoms with E-state index in [-0.39, 0.29) is 12.5 Å². The topological polar surface area (TPSA) is 103 Å². The average molecular weight is 514 g/mol. The largest absolute Gasteiger partial charge is 0.497 e. The SMILES string of the molecule is CCOC(=O)c1ccc(N2C(=O)c3[nH]nc(-c4ccc(OC)cc4)c3C2c2ccc(OC)cc2OC)cc1. The number of nitrogens with zero attached hydrogens (tertiary/aromatic N) is 2. The van der Waals surface area contributed by atoms with Gasteiger partial charge >= 0.3 is 5.97 Å². The summed E-state index contributed by atoms with van der Waals surface area (Å²) in [5, 5.41) is 7.48. The molecule has 1 N–H and O–H groups in total. The number of hydrogen-bond donors (Lipinski definition) is 1. The van der Waals surface area contributed by atoms with Crippen LogP contribution in [0.1, 0.15) is 44.9 Å². The van der Waals surface area contributed by atoms with Crippen molar-refractivity contribution in [1.29, 1.82) is 0 Å². The van der Waals surface area contributed by atoms with Gasteiger partial charge in [0, 0.05) is 28.4 Å². The van der Waals surface area contributed by atoms with Crippen molar-refractivity contribution in [1.82, 2.24) is 10.2 Å². The van der Waals surface area contributed by atoms with Crippen molar-refractivity contribution in [2.45, 2.75) is 13.0 Å². The first-order valence-electron chi connectivity index (χ1n) is 12.1. The number of benzene rings is 3. The first-order chi connectivity index (χ1) is 18.5. The third-order valence-corrected chi connectivity index (χ3v) is 6.52. The van der Waals surface area contributed by atoms with Gasteiger partial charge in [-0.25, -0.2) is 4.79 Å². The maximum atomic E-state index is 13.8. The smallest absolute Gasteiger partial charge is 0.338 e. The van der Waals surface area contributed by atoms with E-state index in [1.165, 1.54) is 0 Å². The number of nitrogens with one attached hydrogen (secondary N) is 1. The maximum Gasteiger partial charge on any atom is 0.338 e. The van der Waals surface area contributed by atoms with Gasteiger partial charge in [0.1, 0.15) is 22.9 Å². The fourth-order valence-electron chi connectivity index (χ4n) is 4.69. The zero-order valence-electron chi connectivity index (χ0n) is 21.5. The zero-order valence-corrected chi connectivity index (χ0v) is 21.5. The van der Waals surface area contributed by atoms with Gasteiger partial charge in [-0.05, 0) is 67.6 Å². The zero-order chi connectivity index (χ0) is 26.8. The van der Waals surface area contributed by atoms with E-state index in [0.717, 1.165) is 16.7 Å². The molecule has 9 heteroatoms. The summed E-state index contributed by atoms with van der Waals surface area (Å²) in [5.41, 5.74) is 4.34. The van der Waals surface area contributed by atoms with Crippen LogP contribution in [0, 0.1) is 0 Å². The maximum absolute atomic E-state index is 13.8. The number of amides is 1. The number of aromatic nitrogens is 2. The second-order valence-electron chi connectivity index (χ2n) is 8.54. The third-order valence-electron chi connectivity index (χ3n) is 6.52. The molecule has 1 unspecified atom stereocenters. The molecule has 0 saturated heterocycles. The third kappa shape index (κ3) is 4.21. The molecule has 194 valence electrons. The Morgan fingerprint density at radius 2 is 1.61 bits per heavy atom. The first-order valence-corrected chi connectivity index (χ1v) is 12.1. The van der Waals surface area contributed by atoms with Crippen molar-refractivity contribution >= 4 is 17.6 Å². The highest BCUT2D eigenvalue weighted by Crippen LogP contribution is 2.48. The van der Waals surface area contributed by atoms with Crippen LogP contribution < -0.4 is 19.1 Å². The quantitative estimate of drug-likeness (QED) is 0.330. The molecule has 38 heavy (non-hydrogen) atoms. The fraction of sp³-hybridized carbons (Fsp3) is 0.207. The molecular weight excluding hydrogens is 486 g/mol. The van der Waals surface area contributed by atoms with Gasteiger partial charge in [0.2, 0.25) is 0 Å². The molecule has 9 nitrogen and oxygen atoms in total. The lowest BCUT2D eigenvalue weighted by molar-refractivity contribution is 0.0526. The van der Waals surface area contributed by atoms with Gasteiger partial charge in [0.15, 0.2) is 0 Å². The Bertz CT molecular complexity index is 1480. The number of aromatic amines is 1. The molecule has 1 atom stereocenters. The van der Waals surface area contributed by atoms with Crippen LogP contribution >= 0.6 is 0 Å². The van der Waals surface area contributed by atoms with Crippen LogP contribution in [-0.4, -0.2) is 50.0 Å². The van der Waals surface area contributed by atoms with Crippen molar-refractivity contribution in [3.05, 3.63) is 89.1 Å². The molecule has 0 bridgehead atoms. The number of rotatable bonds is 8. The Morgan fingerprint density at radius 1 is 0.921 bits per heavy atom. The molecule has 1 amide bonds. The van der Waals surface area contributed by atoms with E-state index in [9.17, 15) is 9.59 Å². The van der Waals surface area contributed by atoms with Gasteiger partial charge in [-0.3, -0.25) is 14.8 Å². The summed E-state index contributed by atoms with van der Waals surface area (Å²) in [6, 6.07) is 19.2. The van der Waals surface area contributed by atoms with Gasteiger partial charge in [-0.1, -0.05) is 0 Å². The second-order valence-corrected chi connectivity index (χ2v) is 8.54. The minimum Gasteiger partial charge on any atom is -0.497 e. The molecule has 0 spiro atoms. The standard InChI is InChI=1S/C29H27N3O6/c1-5-38-29(34)18-6-10-19(11-7-18)32-27(22-15-14-21(36-3)16-23(22)37-4)24-25(30-31-26(24)28(32)33)17-8-12-20(35-2)13-9-17/h6-16,27H,5H2,1-4H3,(H,30,31). The van der Waals surface area contributed by atoms with Crippen molar-refractivity contribution in [3.63, 3.8) is 0 Å². The van der Waals surface area contributed by atoms with Gasteiger partial charge in [-0.2, -0.15) is 5.10 Å². The monoisotopic (exact) mass is 513 g/mol. The normalized spacial score (nSPS) is 14.3. The van der Waals surface area contributed by atoms with E-state index in [0.29, 0.717) is 39.9 Å². The number of ether oxygens (including phenoxy) is 4. The number of H-pyrrole nitrogens is 1. The molecule has 1 aliphatic rings. The Hall–Kier alpha value is -4.79. The summed E-state index contributed by atoms with van der Waals surface area (Å²) in [6.45, 7) is 2.03. The van der Waals surface area contributed by atoms with E-state index in [1.807, 2.05) is 36.4 Å². The molecule has 0 saturated carbocycles. The summed E-state index contributed by atoms with van der Waals surface area (Å²) in [5.74, 6) is 1.23. The molecule has 1 aromatic heterocycles. The predicted molar refractivity (Wildman–Crippen MR) is 141 cm³/mol. The van der Waals surface area contributed by atoms with E-state index in [2.05, 4.69) is 10.2 Å². The van der Waals surface area contributed by atoms with Crippen molar-refractivity contribution < 1.29 is 28.5 Å². The average Bonchev–Trinajstić information content (AvgIpc) is 3.51. The summed E-state index contributed by atoms with van der Waals surface area (Å²) in [7, 11) is 4.77. The molecule has 0 aliphatic carbocycles. The van der Waals surface area contributed by atoms with Crippen LogP contribution in [0.2, 0.25) is 0 Å². The Kier molecular flexibility index (Phi) is 6.74. The Balaban J connectivity index is 1.67. The minimum absolute atomic E-state index is 0.251. The molecular formula is C29H27N3O6. The lowest BCUT2D eigenvalue weighted by Gasteiger charge is -2.28. The van der Waals surface area contributed by atoms with Crippen LogP contribution in [0.4, 0.5) is 5.69 Å². The summed E-state index contributed by atoms with van der Waals surface area (Å²) in [4.78, 5) is 27.7. The lowest BCUT2D eigenvalue weighted by Crippen LogP contribution is -2.29. The van der Waals surface area contributed by atoms with Gasteiger partial charge in [0.05, 0.1) is 45.2 Å². The van der Waals surface area contributed by atoms with E-state index in [1.54, 1.807) is 63.5 Å². The van der Waals surface area contributed by atoms with Crippen LogP contribution in [0.25, 0.3) is 11.3 Å². The first kappa shape index (κ1) is 24.9. The summed E-state index contributed by atoms with van der Waals surface area (Å²) < 4.78 is 21.5. The molecule has 4 aromatic rings. The minimum atomic E-state index is -0.567. The number of fused-ring (bicyclic) bond motifs is 1. The highest BCUT2D eigenvalue weighted by Gasteiger charge is 2.44. The van der Waals surface area contributed by atoms with Crippen LogP contribution in [0.15, 0.2) is 66.7 Å². The number of esters is 1. The highest BCUT2D eigenvalue weighted by molar-refractivity contribution is 6.12. The molecule has 2 heterocycles. The fourth-order valence-corrected chi connectivity index (χ4v) is 4.69. The van der Waals surface area contributed by atoms with Crippen molar-refractivity contribution in [3.8, 4) is 28.5 Å². The highest BCUT2D eigenvalue weighted by atomic mass is 16.5.